The van der Waals surface area contributed by atoms with Crippen LogP contribution < -0.4 is 0 Å². The summed E-state index contributed by atoms with van der Waals surface area (Å²) in [6, 6.07) is 0. The molecular weight excluding hydrogens is 296 g/mol. The quantitative estimate of drug-likeness (QED) is 0.277. The van der Waals surface area contributed by atoms with Crippen LogP contribution in [0.3, 0.4) is 0 Å². The Labute approximate surface area is 131 Å². The first-order valence-corrected chi connectivity index (χ1v) is 7.46. The van der Waals surface area contributed by atoms with Gasteiger partial charge in [-0.15, -0.1) is 0 Å². The molecule has 8 nitrogen and oxygen atoms in total. The third-order valence-electron chi connectivity index (χ3n) is 3.17. The summed E-state index contributed by atoms with van der Waals surface area (Å²) in [4.78, 5) is 0. The van der Waals surface area contributed by atoms with Gasteiger partial charge in [0.25, 0.3) is 0 Å². The van der Waals surface area contributed by atoms with Crippen molar-refractivity contribution in [2.75, 3.05) is 19.8 Å². The second kappa shape index (κ2) is 11.3. The van der Waals surface area contributed by atoms with Crippen molar-refractivity contribution in [2.24, 2.45) is 0 Å². The lowest BCUT2D eigenvalue weighted by Gasteiger charge is -2.29. The molecular formula is C14H30O8. The van der Waals surface area contributed by atoms with Crippen LogP contribution in [0.5, 0.6) is 0 Å². The van der Waals surface area contributed by atoms with Gasteiger partial charge < -0.3 is 39.7 Å². The van der Waals surface area contributed by atoms with Crippen LogP contribution in [0.25, 0.3) is 0 Å². The van der Waals surface area contributed by atoms with Gasteiger partial charge in [-0.05, 0) is 27.7 Å². The van der Waals surface area contributed by atoms with Gasteiger partial charge >= 0.3 is 0 Å². The normalized spacial score (nSPS) is 21.7. The van der Waals surface area contributed by atoms with Gasteiger partial charge in [-0.2, -0.15) is 0 Å². The second-order valence-corrected chi connectivity index (χ2v) is 5.21. The van der Waals surface area contributed by atoms with Crippen molar-refractivity contribution in [3.05, 3.63) is 0 Å². The molecule has 8 heteroatoms. The molecule has 134 valence electrons. The standard InChI is InChI=1S/C14H30O8/c1-5-20-12(14(19)9(3)17)7-21-10(4)22-11(6-15)13(18)8(2)16/h8-19H,5-7H2,1-4H3/t8-,9-,10+,11-,12-,13+,14+/m1/s1. The summed E-state index contributed by atoms with van der Waals surface area (Å²) in [6.07, 6.45) is -6.93. The van der Waals surface area contributed by atoms with Crippen molar-refractivity contribution >= 4 is 0 Å². The van der Waals surface area contributed by atoms with Crippen LogP contribution in [0.1, 0.15) is 27.7 Å². The van der Waals surface area contributed by atoms with Crippen LogP contribution in [-0.4, -0.2) is 88.3 Å². The van der Waals surface area contributed by atoms with E-state index in [1.54, 1.807) is 13.8 Å². The predicted octanol–water partition coefficient (Wildman–Crippen LogP) is -1.38. The molecule has 0 spiro atoms. The molecule has 0 fully saturated rings. The van der Waals surface area contributed by atoms with Crippen LogP contribution in [0.15, 0.2) is 0 Å². The number of ether oxygens (including phenoxy) is 3. The third-order valence-corrected chi connectivity index (χ3v) is 3.17. The number of aliphatic hydroxyl groups is 5. The van der Waals surface area contributed by atoms with E-state index in [9.17, 15) is 20.4 Å². The Hall–Kier alpha value is -0.320. The summed E-state index contributed by atoms with van der Waals surface area (Å²) in [6.45, 7) is 5.95. The summed E-state index contributed by atoms with van der Waals surface area (Å²) in [5.41, 5.74) is 0. The molecule has 0 unspecified atom stereocenters. The fourth-order valence-electron chi connectivity index (χ4n) is 1.83. The van der Waals surface area contributed by atoms with Crippen LogP contribution >= 0.6 is 0 Å². The fourth-order valence-corrected chi connectivity index (χ4v) is 1.83. The molecule has 5 N–H and O–H groups in total. The van der Waals surface area contributed by atoms with Gasteiger partial charge in [0.15, 0.2) is 6.29 Å². The zero-order valence-corrected chi connectivity index (χ0v) is 13.6. The molecule has 0 amide bonds. The van der Waals surface area contributed by atoms with Gasteiger partial charge in [-0.25, -0.2) is 0 Å². The maximum atomic E-state index is 9.81. The smallest absolute Gasteiger partial charge is 0.155 e. The van der Waals surface area contributed by atoms with Crippen molar-refractivity contribution in [2.45, 2.75) is 70.6 Å². The molecule has 0 aromatic rings. The molecule has 0 aliphatic carbocycles. The molecule has 0 rings (SSSR count). The van der Waals surface area contributed by atoms with Crippen molar-refractivity contribution in [1.29, 1.82) is 0 Å². The number of rotatable bonds is 12. The summed E-state index contributed by atoms with van der Waals surface area (Å²) in [7, 11) is 0. The van der Waals surface area contributed by atoms with E-state index < -0.39 is 49.5 Å². The summed E-state index contributed by atoms with van der Waals surface area (Å²) in [5, 5.41) is 47.3. The summed E-state index contributed by atoms with van der Waals surface area (Å²) >= 11 is 0. The Balaban J connectivity index is 4.41. The van der Waals surface area contributed by atoms with Gasteiger partial charge in [0.2, 0.25) is 0 Å². The summed E-state index contributed by atoms with van der Waals surface area (Å²) < 4.78 is 16.0. The monoisotopic (exact) mass is 326 g/mol. The topological polar surface area (TPSA) is 129 Å². The zero-order chi connectivity index (χ0) is 17.3. The maximum absolute atomic E-state index is 9.81. The van der Waals surface area contributed by atoms with Gasteiger partial charge in [-0.1, -0.05) is 0 Å². The highest BCUT2D eigenvalue weighted by atomic mass is 16.7. The first-order chi connectivity index (χ1) is 10.2. The minimum atomic E-state index is -1.25. The number of aliphatic hydroxyl groups excluding tert-OH is 5. The van der Waals surface area contributed by atoms with E-state index in [1.807, 2.05) is 0 Å². The molecule has 0 aliphatic heterocycles. The molecule has 0 aromatic carbocycles. The lowest BCUT2D eigenvalue weighted by Crippen LogP contribution is -2.44. The van der Waals surface area contributed by atoms with Gasteiger partial charge in [0.05, 0.1) is 25.4 Å². The average molecular weight is 326 g/mol. The Kier molecular flexibility index (Phi) is 11.1. The molecule has 22 heavy (non-hydrogen) atoms. The van der Waals surface area contributed by atoms with Crippen LogP contribution in [0, 0.1) is 0 Å². The highest BCUT2D eigenvalue weighted by Crippen LogP contribution is 2.11. The lowest BCUT2D eigenvalue weighted by molar-refractivity contribution is -0.219. The van der Waals surface area contributed by atoms with Crippen molar-refractivity contribution in [1.82, 2.24) is 0 Å². The molecule has 0 heterocycles. The minimum absolute atomic E-state index is 0.0377. The van der Waals surface area contributed by atoms with E-state index in [0.717, 1.165) is 0 Å². The van der Waals surface area contributed by atoms with Crippen LogP contribution in [-0.2, 0) is 14.2 Å². The largest absolute Gasteiger partial charge is 0.394 e. The van der Waals surface area contributed by atoms with E-state index in [4.69, 9.17) is 19.3 Å². The lowest BCUT2D eigenvalue weighted by atomic mass is 10.1. The Morgan fingerprint density at radius 1 is 0.818 bits per heavy atom. The highest BCUT2D eigenvalue weighted by Gasteiger charge is 2.28. The van der Waals surface area contributed by atoms with Gasteiger partial charge in [0, 0.05) is 6.61 Å². The van der Waals surface area contributed by atoms with Gasteiger partial charge in [-0.3, -0.25) is 0 Å². The predicted molar refractivity (Wildman–Crippen MR) is 78.2 cm³/mol. The maximum Gasteiger partial charge on any atom is 0.155 e. The molecule has 0 bridgehead atoms. The number of hydrogen-bond donors (Lipinski definition) is 5. The Morgan fingerprint density at radius 3 is 1.73 bits per heavy atom. The molecule has 0 radical (unpaired) electrons. The first kappa shape index (κ1) is 21.7. The Morgan fingerprint density at radius 2 is 1.32 bits per heavy atom. The van der Waals surface area contributed by atoms with Crippen LogP contribution in [0.4, 0.5) is 0 Å². The van der Waals surface area contributed by atoms with Crippen LogP contribution in [0.2, 0.25) is 0 Å². The zero-order valence-electron chi connectivity index (χ0n) is 13.6. The van der Waals surface area contributed by atoms with E-state index in [-0.39, 0.29) is 6.61 Å². The van der Waals surface area contributed by atoms with Gasteiger partial charge in [0.1, 0.15) is 24.4 Å². The highest BCUT2D eigenvalue weighted by molar-refractivity contribution is 4.75. The van der Waals surface area contributed by atoms with E-state index >= 15 is 0 Å². The van der Waals surface area contributed by atoms with Crippen molar-refractivity contribution < 1.29 is 39.7 Å². The molecule has 0 aromatic heterocycles. The van der Waals surface area contributed by atoms with Crippen molar-refractivity contribution in [3.63, 3.8) is 0 Å². The second-order valence-electron chi connectivity index (χ2n) is 5.21. The summed E-state index contributed by atoms with van der Waals surface area (Å²) in [5.74, 6) is 0. The van der Waals surface area contributed by atoms with E-state index in [0.29, 0.717) is 6.61 Å². The SMILES string of the molecule is CCO[C@H](CO[C@H](C)O[C@H](CO)[C@@H](O)[C@@H](C)O)[C@@H](O)[C@@H](C)O. The first-order valence-electron chi connectivity index (χ1n) is 7.46. The molecule has 7 atom stereocenters. The Bertz CT molecular complexity index is 274. The molecule has 0 saturated heterocycles. The molecule has 0 aliphatic rings. The van der Waals surface area contributed by atoms with E-state index in [1.165, 1.54) is 13.8 Å². The number of hydrogen-bond acceptors (Lipinski definition) is 8. The minimum Gasteiger partial charge on any atom is -0.394 e. The van der Waals surface area contributed by atoms with E-state index in [2.05, 4.69) is 0 Å². The molecule has 0 saturated carbocycles. The average Bonchev–Trinajstić information content (AvgIpc) is 2.47. The third kappa shape index (κ3) is 7.80. The fraction of sp³-hybridized carbons (Fsp3) is 1.00. The van der Waals surface area contributed by atoms with Crippen molar-refractivity contribution in [3.8, 4) is 0 Å².